The average molecular weight is 303 g/mol. The first kappa shape index (κ1) is 13.7. The Kier molecular flexibility index (Phi) is 5.15. The first-order chi connectivity index (χ1) is 8.08. The van der Waals surface area contributed by atoms with Gasteiger partial charge < -0.3 is 9.84 Å². The van der Waals surface area contributed by atoms with E-state index in [9.17, 15) is 9.18 Å². The molecule has 0 amide bonds. The van der Waals surface area contributed by atoms with Gasteiger partial charge in [-0.3, -0.25) is 4.39 Å². The van der Waals surface area contributed by atoms with Gasteiger partial charge in [0.25, 0.3) is 0 Å². The van der Waals surface area contributed by atoms with Gasteiger partial charge in [-0.1, -0.05) is 34.7 Å². The molecule has 0 heterocycles. The molecule has 1 aromatic rings. The smallest absolute Gasteiger partial charge is 0.344 e. The van der Waals surface area contributed by atoms with Gasteiger partial charge in [0.2, 0.25) is 0 Å². The summed E-state index contributed by atoms with van der Waals surface area (Å²) in [5.41, 5.74) is 0.665. The van der Waals surface area contributed by atoms with Crippen molar-refractivity contribution < 1.29 is 19.0 Å². The zero-order chi connectivity index (χ0) is 12.8. The Morgan fingerprint density at radius 2 is 2.35 bits per heavy atom. The van der Waals surface area contributed by atoms with Crippen molar-refractivity contribution in [2.45, 2.75) is 12.5 Å². The summed E-state index contributed by atoms with van der Waals surface area (Å²) in [7, 11) is 0. The number of carboxylic acid groups (broad SMARTS) is 1. The predicted molar refractivity (Wildman–Crippen MR) is 66.9 cm³/mol. The highest BCUT2D eigenvalue weighted by molar-refractivity contribution is 9.10. The van der Waals surface area contributed by atoms with Crippen molar-refractivity contribution in [1.82, 2.24) is 0 Å². The second kappa shape index (κ2) is 6.39. The lowest BCUT2D eigenvalue weighted by molar-refractivity contribution is -0.145. The lowest BCUT2D eigenvalue weighted by Gasteiger charge is -2.15. The van der Waals surface area contributed by atoms with E-state index in [4.69, 9.17) is 9.84 Å². The number of halogens is 2. The Morgan fingerprint density at radius 1 is 1.65 bits per heavy atom. The van der Waals surface area contributed by atoms with Crippen LogP contribution in [0.4, 0.5) is 4.39 Å². The van der Waals surface area contributed by atoms with Gasteiger partial charge in [0.1, 0.15) is 5.75 Å². The molecule has 0 radical (unpaired) electrons. The maximum absolute atomic E-state index is 12.2. The molecule has 0 bridgehead atoms. The van der Waals surface area contributed by atoms with Crippen molar-refractivity contribution in [2.24, 2.45) is 0 Å². The zero-order valence-electron chi connectivity index (χ0n) is 9.03. The number of carboxylic acids is 1. The number of ether oxygens (including phenoxy) is 1. The van der Waals surface area contributed by atoms with E-state index in [0.717, 1.165) is 4.47 Å². The van der Waals surface area contributed by atoms with Gasteiger partial charge >= 0.3 is 5.97 Å². The van der Waals surface area contributed by atoms with E-state index in [1.54, 1.807) is 24.3 Å². The van der Waals surface area contributed by atoms with Crippen LogP contribution < -0.4 is 4.74 Å². The predicted octanol–water partition coefficient (Wildman–Crippen LogP) is 3.28. The van der Waals surface area contributed by atoms with E-state index in [0.29, 0.717) is 11.3 Å². The summed E-state index contributed by atoms with van der Waals surface area (Å²) in [5.74, 6) is -0.812. The summed E-state index contributed by atoms with van der Waals surface area (Å²) < 4.78 is 18.2. The minimum absolute atomic E-state index is 0.182. The average Bonchev–Trinajstić information content (AvgIpc) is 2.28. The molecular weight excluding hydrogens is 291 g/mol. The topological polar surface area (TPSA) is 46.5 Å². The quantitative estimate of drug-likeness (QED) is 0.877. The van der Waals surface area contributed by atoms with Crippen molar-refractivity contribution in [2.75, 3.05) is 6.67 Å². The summed E-state index contributed by atoms with van der Waals surface area (Å²) in [6.07, 6.45) is 0.183. The van der Waals surface area contributed by atoms with E-state index >= 15 is 0 Å². The third kappa shape index (κ3) is 3.85. The molecule has 0 unspecified atom stereocenters. The largest absolute Gasteiger partial charge is 0.479 e. The van der Waals surface area contributed by atoms with Gasteiger partial charge in [0, 0.05) is 16.5 Å². The Balaban J connectivity index is 2.94. The molecule has 17 heavy (non-hydrogen) atoms. The summed E-state index contributed by atoms with van der Waals surface area (Å²) in [6.45, 7) is 2.86. The molecule has 1 rings (SSSR count). The molecule has 1 aromatic carbocycles. The Hall–Kier alpha value is -1.36. The van der Waals surface area contributed by atoms with E-state index < -0.39 is 18.7 Å². The number of aliphatic carboxylic acids is 1. The van der Waals surface area contributed by atoms with Crippen LogP contribution in [0.15, 0.2) is 29.3 Å². The van der Waals surface area contributed by atoms with E-state index in [1.807, 2.05) is 0 Å². The monoisotopic (exact) mass is 302 g/mol. The third-order valence-electron chi connectivity index (χ3n) is 2.11. The molecule has 92 valence electrons. The fourth-order valence-electron chi connectivity index (χ4n) is 1.26. The van der Waals surface area contributed by atoms with Gasteiger partial charge in [0.05, 0.1) is 6.67 Å². The normalized spacial score (nSPS) is 11.9. The fourth-order valence-corrected chi connectivity index (χ4v) is 1.60. The first-order valence-electron chi connectivity index (χ1n) is 4.96. The van der Waals surface area contributed by atoms with E-state index in [2.05, 4.69) is 22.5 Å². The van der Waals surface area contributed by atoms with Crippen molar-refractivity contribution >= 4 is 28.0 Å². The van der Waals surface area contributed by atoms with E-state index in [1.165, 1.54) is 0 Å². The summed E-state index contributed by atoms with van der Waals surface area (Å²) in [4.78, 5) is 10.8. The second-order valence-corrected chi connectivity index (χ2v) is 4.22. The molecule has 0 saturated carbocycles. The molecule has 3 nitrogen and oxygen atoms in total. The molecule has 0 fully saturated rings. The van der Waals surface area contributed by atoms with Crippen LogP contribution >= 0.6 is 15.9 Å². The third-order valence-corrected chi connectivity index (χ3v) is 2.60. The van der Waals surface area contributed by atoms with Gasteiger partial charge in [-0.15, -0.1) is 0 Å². The van der Waals surface area contributed by atoms with Crippen LogP contribution in [-0.2, 0) is 4.79 Å². The molecule has 0 aliphatic carbocycles. The summed E-state index contributed by atoms with van der Waals surface area (Å²) >= 11 is 3.26. The molecule has 0 aliphatic heterocycles. The number of alkyl halides is 1. The molecule has 0 spiro atoms. The van der Waals surface area contributed by atoms with Crippen LogP contribution in [0, 0.1) is 0 Å². The lowest BCUT2D eigenvalue weighted by atomic mass is 10.2. The van der Waals surface area contributed by atoms with Crippen LogP contribution in [0.1, 0.15) is 12.0 Å². The van der Waals surface area contributed by atoms with Crippen LogP contribution in [0.3, 0.4) is 0 Å². The number of hydrogen-bond donors (Lipinski definition) is 1. The number of hydrogen-bond acceptors (Lipinski definition) is 2. The molecule has 1 N–H and O–H groups in total. The number of carbonyl (C=O) groups is 1. The molecule has 5 heteroatoms. The fraction of sp³-hybridized carbons (Fsp3) is 0.250. The van der Waals surface area contributed by atoms with Crippen molar-refractivity contribution in [3.05, 3.63) is 34.8 Å². The Labute approximate surface area is 107 Å². The molecule has 1 atom stereocenters. The van der Waals surface area contributed by atoms with Crippen LogP contribution in [0.5, 0.6) is 5.75 Å². The Morgan fingerprint density at radius 3 is 2.88 bits per heavy atom. The minimum atomic E-state index is -1.19. The van der Waals surface area contributed by atoms with Gasteiger partial charge in [-0.25, -0.2) is 4.79 Å². The maximum Gasteiger partial charge on any atom is 0.344 e. The molecule has 0 saturated heterocycles. The lowest BCUT2D eigenvalue weighted by Crippen LogP contribution is -2.27. The van der Waals surface area contributed by atoms with Crippen molar-refractivity contribution in [3.63, 3.8) is 0 Å². The number of rotatable bonds is 6. The summed E-state index contributed by atoms with van der Waals surface area (Å²) in [5, 5.41) is 8.87. The van der Waals surface area contributed by atoms with Crippen LogP contribution in [0.25, 0.3) is 6.08 Å². The second-order valence-electron chi connectivity index (χ2n) is 3.31. The van der Waals surface area contributed by atoms with Gasteiger partial charge in [0.15, 0.2) is 6.10 Å². The minimum Gasteiger partial charge on any atom is -0.479 e. The highest BCUT2D eigenvalue weighted by Gasteiger charge is 2.20. The first-order valence-corrected chi connectivity index (χ1v) is 5.75. The van der Waals surface area contributed by atoms with Gasteiger partial charge in [-0.2, -0.15) is 0 Å². The van der Waals surface area contributed by atoms with Crippen molar-refractivity contribution in [1.29, 1.82) is 0 Å². The van der Waals surface area contributed by atoms with E-state index in [-0.39, 0.29) is 6.42 Å². The standard InChI is InChI=1S/C12H12BrFO3/c1-2-8-3-4-9(13)7-11(8)17-10(5-6-14)12(15)16/h2-4,7,10H,1,5-6H2,(H,15,16)/t10-/m0/s1. The molecule has 0 aliphatic rings. The number of benzene rings is 1. The zero-order valence-corrected chi connectivity index (χ0v) is 10.6. The van der Waals surface area contributed by atoms with Gasteiger partial charge in [-0.05, 0) is 12.1 Å². The SMILES string of the molecule is C=Cc1ccc(Br)cc1O[C@@H](CCF)C(=O)O. The molecule has 0 aromatic heterocycles. The van der Waals surface area contributed by atoms with Crippen LogP contribution in [-0.4, -0.2) is 23.9 Å². The Bertz CT molecular complexity index is 420. The molecular formula is C12H12BrFO3. The summed E-state index contributed by atoms with van der Waals surface area (Å²) in [6, 6.07) is 5.15. The highest BCUT2D eigenvalue weighted by Crippen LogP contribution is 2.26. The van der Waals surface area contributed by atoms with Crippen LogP contribution in [0.2, 0.25) is 0 Å². The maximum atomic E-state index is 12.2. The highest BCUT2D eigenvalue weighted by atomic mass is 79.9. The van der Waals surface area contributed by atoms with Crippen molar-refractivity contribution in [3.8, 4) is 5.75 Å².